The molecule has 4 rings (SSSR count). The highest BCUT2D eigenvalue weighted by atomic mass is 35.5. The minimum atomic E-state index is 0.0990. The van der Waals surface area contributed by atoms with Gasteiger partial charge in [0.25, 0.3) is 5.91 Å². The van der Waals surface area contributed by atoms with Gasteiger partial charge in [-0.3, -0.25) is 4.79 Å². The normalized spacial score (nSPS) is 27.1. The van der Waals surface area contributed by atoms with Crippen LogP contribution in [0.3, 0.4) is 0 Å². The standard InChI is InChI=1S/C16H17ClN4O/c17-12-3-1-2-11(8-12)16(22)20-13-4-5-14(20)10-15(9-13)21-18-6-7-19-21/h1-3,6-8,13-15H,4-5,9-10H2. The van der Waals surface area contributed by atoms with Crippen LogP contribution in [0.15, 0.2) is 36.7 Å². The van der Waals surface area contributed by atoms with Gasteiger partial charge in [-0.2, -0.15) is 15.0 Å². The maximum atomic E-state index is 12.8. The molecular formula is C16H17ClN4O. The molecule has 2 atom stereocenters. The third-order valence-electron chi connectivity index (χ3n) is 4.78. The summed E-state index contributed by atoms with van der Waals surface area (Å²) in [5, 5.41) is 9.13. The smallest absolute Gasteiger partial charge is 0.254 e. The van der Waals surface area contributed by atoms with Gasteiger partial charge in [0.2, 0.25) is 0 Å². The molecule has 2 fully saturated rings. The number of hydrogen-bond donors (Lipinski definition) is 0. The first-order chi connectivity index (χ1) is 10.7. The molecule has 114 valence electrons. The fraction of sp³-hybridized carbons (Fsp3) is 0.438. The third kappa shape index (κ3) is 2.29. The first kappa shape index (κ1) is 13.8. The highest BCUT2D eigenvalue weighted by Crippen LogP contribution is 2.41. The lowest BCUT2D eigenvalue weighted by atomic mass is 9.96. The number of halogens is 1. The second-order valence-electron chi connectivity index (χ2n) is 6.08. The minimum absolute atomic E-state index is 0.0990. The summed E-state index contributed by atoms with van der Waals surface area (Å²) in [7, 11) is 0. The fourth-order valence-corrected chi connectivity index (χ4v) is 4.04. The van der Waals surface area contributed by atoms with Crippen LogP contribution in [0.4, 0.5) is 0 Å². The van der Waals surface area contributed by atoms with Gasteiger partial charge in [0, 0.05) is 22.7 Å². The molecule has 0 aliphatic carbocycles. The maximum Gasteiger partial charge on any atom is 0.254 e. The molecule has 22 heavy (non-hydrogen) atoms. The number of benzene rings is 1. The lowest BCUT2D eigenvalue weighted by Gasteiger charge is -2.38. The SMILES string of the molecule is O=C(c1cccc(Cl)c1)N1C2CCC1CC(n1nccn1)C2. The van der Waals surface area contributed by atoms with E-state index in [-0.39, 0.29) is 18.0 Å². The number of amides is 1. The summed E-state index contributed by atoms with van der Waals surface area (Å²) in [6, 6.07) is 8.08. The molecule has 0 N–H and O–H groups in total. The van der Waals surface area contributed by atoms with Gasteiger partial charge < -0.3 is 4.90 Å². The van der Waals surface area contributed by atoms with Gasteiger partial charge in [0.05, 0.1) is 18.4 Å². The predicted molar refractivity (Wildman–Crippen MR) is 82.7 cm³/mol. The minimum Gasteiger partial charge on any atom is -0.333 e. The molecule has 2 saturated heterocycles. The Balaban J connectivity index is 1.56. The highest BCUT2D eigenvalue weighted by Gasteiger charge is 2.44. The molecule has 2 aliphatic rings. The Kier molecular flexibility index (Phi) is 3.37. The van der Waals surface area contributed by atoms with E-state index in [1.165, 1.54) is 0 Å². The summed E-state index contributed by atoms with van der Waals surface area (Å²) in [5.41, 5.74) is 0.681. The van der Waals surface area contributed by atoms with Gasteiger partial charge in [0.15, 0.2) is 0 Å². The van der Waals surface area contributed by atoms with E-state index in [0.29, 0.717) is 16.6 Å². The summed E-state index contributed by atoms with van der Waals surface area (Å²) in [4.78, 5) is 16.7. The lowest BCUT2D eigenvalue weighted by Crippen LogP contribution is -2.47. The summed E-state index contributed by atoms with van der Waals surface area (Å²) in [6.07, 6.45) is 7.41. The van der Waals surface area contributed by atoms with Crippen molar-refractivity contribution in [2.75, 3.05) is 0 Å². The van der Waals surface area contributed by atoms with Crippen molar-refractivity contribution in [1.29, 1.82) is 0 Å². The van der Waals surface area contributed by atoms with Crippen LogP contribution in [0.5, 0.6) is 0 Å². The number of fused-ring (bicyclic) bond motifs is 2. The van der Waals surface area contributed by atoms with E-state index in [1.807, 2.05) is 12.1 Å². The van der Waals surface area contributed by atoms with Crippen LogP contribution in [0.1, 0.15) is 42.1 Å². The largest absolute Gasteiger partial charge is 0.333 e. The van der Waals surface area contributed by atoms with E-state index in [2.05, 4.69) is 15.1 Å². The van der Waals surface area contributed by atoms with Crippen molar-refractivity contribution in [1.82, 2.24) is 19.9 Å². The van der Waals surface area contributed by atoms with Crippen molar-refractivity contribution < 1.29 is 4.79 Å². The van der Waals surface area contributed by atoms with Crippen molar-refractivity contribution in [2.24, 2.45) is 0 Å². The Morgan fingerprint density at radius 1 is 1.09 bits per heavy atom. The van der Waals surface area contributed by atoms with Crippen LogP contribution >= 0.6 is 11.6 Å². The van der Waals surface area contributed by atoms with Crippen LogP contribution in [0.2, 0.25) is 5.02 Å². The number of rotatable bonds is 2. The van der Waals surface area contributed by atoms with Crippen molar-refractivity contribution >= 4 is 17.5 Å². The summed E-state index contributed by atoms with van der Waals surface area (Å²) in [5.74, 6) is 0.0990. The van der Waals surface area contributed by atoms with Gasteiger partial charge in [-0.1, -0.05) is 17.7 Å². The zero-order valence-electron chi connectivity index (χ0n) is 12.1. The first-order valence-electron chi connectivity index (χ1n) is 7.66. The van der Waals surface area contributed by atoms with Crippen LogP contribution in [0.25, 0.3) is 0 Å². The van der Waals surface area contributed by atoms with E-state index in [4.69, 9.17) is 11.6 Å². The van der Waals surface area contributed by atoms with Crippen molar-refractivity contribution in [3.8, 4) is 0 Å². The van der Waals surface area contributed by atoms with Crippen molar-refractivity contribution in [2.45, 2.75) is 43.8 Å². The second kappa shape index (κ2) is 5.39. The van der Waals surface area contributed by atoms with Gasteiger partial charge >= 0.3 is 0 Å². The van der Waals surface area contributed by atoms with Crippen molar-refractivity contribution in [3.63, 3.8) is 0 Å². The number of nitrogens with zero attached hydrogens (tertiary/aromatic N) is 4. The van der Waals surface area contributed by atoms with Gasteiger partial charge in [-0.25, -0.2) is 0 Å². The monoisotopic (exact) mass is 316 g/mol. The molecule has 2 aromatic rings. The molecule has 2 unspecified atom stereocenters. The van der Waals surface area contributed by atoms with Crippen LogP contribution in [-0.4, -0.2) is 37.9 Å². The lowest BCUT2D eigenvalue weighted by molar-refractivity contribution is 0.0512. The molecule has 1 amide bonds. The summed E-state index contributed by atoms with van der Waals surface area (Å²) in [6.45, 7) is 0. The zero-order chi connectivity index (χ0) is 15.1. The molecule has 1 aromatic heterocycles. The number of carbonyl (C=O) groups excluding carboxylic acids is 1. The molecule has 6 heteroatoms. The van der Waals surface area contributed by atoms with Crippen LogP contribution in [-0.2, 0) is 0 Å². The number of carbonyl (C=O) groups is 1. The Morgan fingerprint density at radius 3 is 2.41 bits per heavy atom. The molecular weight excluding hydrogens is 300 g/mol. The third-order valence-corrected chi connectivity index (χ3v) is 5.01. The van der Waals surface area contributed by atoms with Crippen LogP contribution < -0.4 is 0 Å². The fourth-order valence-electron chi connectivity index (χ4n) is 3.85. The second-order valence-corrected chi connectivity index (χ2v) is 6.52. The Bertz CT molecular complexity index is 673. The van der Waals surface area contributed by atoms with E-state index in [9.17, 15) is 4.79 Å². The topological polar surface area (TPSA) is 51.0 Å². The van der Waals surface area contributed by atoms with E-state index < -0.39 is 0 Å². The first-order valence-corrected chi connectivity index (χ1v) is 8.04. The quantitative estimate of drug-likeness (QED) is 0.856. The molecule has 1 aromatic carbocycles. The van der Waals surface area contributed by atoms with Gasteiger partial charge in [-0.05, 0) is 43.9 Å². The molecule has 2 bridgehead atoms. The van der Waals surface area contributed by atoms with E-state index >= 15 is 0 Å². The molecule has 3 heterocycles. The Hall–Kier alpha value is -1.88. The maximum absolute atomic E-state index is 12.8. The molecule has 0 saturated carbocycles. The zero-order valence-corrected chi connectivity index (χ0v) is 12.9. The van der Waals surface area contributed by atoms with Gasteiger partial charge in [-0.15, -0.1) is 0 Å². The number of hydrogen-bond acceptors (Lipinski definition) is 3. The molecule has 0 radical (unpaired) electrons. The average Bonchev–Trinajstić information content (AvgIpc) is 3.13. The van der Waals surface area contributed by atoms with E-state index in [0.717, 1.165) is 25.7 Å². The molecule has 5 nitrogen and oxygen atoms in total. The van der Waals surface area contributed by atoms with E-state index in [1.54, 1.807) is 29.3 Å². The summed E-state index contributed by atoms with van der Waals surface area (Å²) >= 11 is 6.02. The molecule has 0 spiro atoms. The van der Waals surface area contributed by atoms with Gasteiger partial charge in [0.1, 0.15) is 0 Å². The Morgan fingerprint density at radius 2 is 1.77 bits per heavy atom. The number of aromatic nitrogens is 3. The predicted octanol–water partition coefficient (Wildman–Crippen LogP) is 2.94. The average molecular weight is 317 g/mol. The molecule has 2 aliphatic heterocycles. The number of piperidine rings is 1. The Labute approximate surface area is 133 Å². The highest BCUT2D eigenvalue weighted by molar-refractivity contribution is 6.30. The summed E-state index contributed by atoms with van der Waals surface area (Å²) < 4.78 is 0. The van der Waals surface area contributed by atoms with Crippen LogP contribution in [0, 0.1) is 0 Å². The van der Waals surface area contributed by atoms with Crippen molar-refractivity contribution in [3.05, 3.63) is 47.2 Å².